The van der Waals surface area contributed by atoms with Gasteiger partial charge in [0.05, 0.1) is 6.20 Å². The number of nitrogens with zero attached hydrogens (tertiary/aromatic N) is 2. The Morgan fingerprint density at radius 1 is 1.79 bits per heavy atom. The van der Waals surface area contributed by atoms with Crippen LogP contribution in [0.3, 0.4) is 0 Å². The molecule has 0 aliphatic rings. The summed E-state index contributed by atoms with van der Waals surface area (Å²) in [7, 11) is 0. The SMILES string of the molecule is CC(C)(N)Cn1c(C(=O)O)cnc1Br. The molecule has 78 valence electrons. The second-order valence-electron chi connectivity index (χ2n) is 3.79. The van der Waals surface area contributed by atoms with Gasteiger partial charge in [-0.25, -0.2) is 9.78 Å². The lowest BCUT2D eigenvalue weighted by molar-refractivity contribution is 0.0683. The third-order valence-corrected chi connectivity index (χ3v) is 2.22. The van der Waals surface area contributed by atoms with Crippen LogP contribution in [0.1, 0.15) is 24.3 Å². The third kappa shape index (κ3) is 2.55. The highest BCUT2D eigenvalue weighted by Crippen LogP contribution is 2.15. The fraction of sp³-hybridized carbons (Fsp3) is 0.500. The number of carboxylic acids is 1. The van der Waals surface area contributed by atoms with Gasteiger partial charge in [0.1, 0.15) is 5.69 Å². The fourth-order valence-electron chi connectivity index (χ4n) is 1.08. The molecule has 0 spiro atoms. The van der Waals surface area contributed by atoms with Crippen molar-refractivity contribution in [1.29, 1.82) is 0 Å². The third-order valence-electron chi connectivity index (χ3n) is 1.59. The first-order chi connectivity index (χ1) is 6.31. The molecule has 0 unspecified atom stereocenters. The predicted molar refractivity (Wildman–Crippen MR) is 55.2 cm³/mol. The maximum atomic E-state index is 10.8. The van der Waals surface area contributed by atoms with E-state index in [4.69, 9.17) is 10.8 Å². The minimum Gasteiger partial charge on any atom is -0.477 e. The van der Waals surface area contributed by atoms with Crippen LogP contribution in [0.25, 0.3) is 0 Å². The van der Waals surface area contributed by atoms with Crippen molar-refractivity contribution >= 4 is 21.9 Å². The lowest BCUT2D eigenvalue weighted by Crippen LogP contribution is -2.37. The first kappa shape index (κ1) is 11.2. The summed E-state index contributed by atoms with van der Waals surface area (Å²) in [5, 5.41) is 8.85. The molecule has 14 heavy (non-hydrogen) atoms. The van der Waals surface area contributed by atoms with E-state index < -0.39 is 11.5 Å². The Morgan fingerprint density at radius 2 is 2.36 bits per heavy atom. The van der Waals surface area contributed by atoms with Gasteiger partial charge in [0, 0.05) is 12.1 Å². The van der Waals surface area contributed by atoms with Crippen molar-refractivity contribution in [2.75, 3.05) is 0 Å². The van der Waals surface area contributed by atoms with Gasteiger partial charge in [0.25, 0.3) is 0 Å². The molecule has 0 aromatic carbocycles. The van der Waals surface area contributed by atoms with Crippen LogP contribution in [-0.2, 0) is 6.54 Å². The zero-order chi connectivity index (χ0) is 10.9. The van der Waals surface area contributed by atoms with Crippen LogP contribution >= 0.6 is 15.9 Å². The Hall–Kier alpha value is -0.880. The van der Waals surface area contributed by atoms with Crippen LogP contribution in [0.15, 0.2) is 10.9 Å². The second-order valence-corrected chi connectivity index (χ2v) is 4.50. The van der Waals surface area contributed by atoms with Gasteiger partial charge >= 0.3 is 5.97 Å². The highest BCUT2D eigenvalue weighted by Gasteiger charge is 2.19. The Balaban J connectivity index is 3.06. The largest absolute Gasteiger partial charge is 0.477 e. The summed E-state index contributed by atoms with van der Waals surface area (Å²) in [6.07, 6.45) is 1.30. The summed E-state index contributed by atoms with van der Waals surface area (Å²) < 4.78 is 2.01. The Kier molecular flexibility index (Phi) is 2.96. The van der Waals surface area contributed by atoms with E-state index in [1.54, 1.807) is 0 Å². The van der Waals surface area contributed by atoms with Crippen LogP contribution in [0.5, 0.6) is 0 Å². The summed E-state index contributed by atoms with van der Waals surface area (Å²) in [6.45, 7) is 4.05. The number of carbonyl (C=O) groups is 1. The molecular weight excluding hydrogens is 250 g/mol. The fourth-order valence-corrected chi connectivity index (χ4v) is 1.50. The molecule has 1 aromatic heterocycles. The maximum Gasteiger partial charge on any atom is 0.354 e. The van der Waals surface area contributed by atoms with E-state index in [9.17, 15) is 4.79 Å². The van der Waals surface area contributed by atoms with E-state index in [1.807, 2.05) is 13.8 Å². The number of aromatic carboxylic acids is 1. The van der Waals surface area contributed by atoms with Gasteiger partial charge in [-0.05, 0) is 29.8 Å². The number of imidazole rings is 1. The van der Waals surface area contributed by atoms with Crippen LogP contribution in [0, 0.1) is 0 Å². The van der Waals surface area contributed by atoms with Gasteiger partial charge in [0.15, 0.2) is 4.73 Å². The molecule has 1 heterocycles. The van der Waals surface area contributed by atoms with E-state index in [0.29, 0.717) is 11.3 Å². The zero-order valence-corrected chi connectivity index (χ0v) is 9.58. The topological polar surface area (TPSA) is 81.1 Å². The Labute approximate surface area is 90.1 Å². The van der Waals surface area contributed by atoms with Crippen molar-refractivity contribution < 1.29 is 9.90 Å². The summed E-state index contributed by atoms with van der Waals surface area (Å²) in [5.41, 5.74) is 5.46. The molecule has 0 atom stereocenters. The molecule has 3 N–H and O–H groups in total. The van der Waals surface area contributed by atoms with Gasteiger partial charge in [-0.1, -0.05) is 0 Å². The molecule has 1 rings (SSSR count). The number of hydrogen-bond donors (Lipinski definition) is 2. The van der Waals surface area contributed by atoms with Crippen molar-refractivity contribution in [2.24, 2.45) is 5.73 Å². The molecule has 6 heteroatoms. The molecule has 0 radical (unpaired) electrons. The number of rotatable bonds is 3. The normalized spacial score (nSPS) is 11.7. The highest BCUT2D eigenvalue weighted by molar-refractivity contribution is 9.10. The number of carboxylic acid groups (broad SMARTS) is 1. The summed E-state index contributed by atoms with van der Waals surface area (Å²) in [6, 6.07) is 0. The van der Waals surface area contributed by atoms with E-state index in [0.717, 1.165) is 0 Å². The lowest BCUT2D eigenvalue weighted by atomic mass is 10.1. The smallest absolute Gasteiger partial charge is 0.354 e. The van der Waals surface area contributed by atoms with Crippen molar-refractivity contribution in [3.8, 4) is 0 Å². The highest BCUT2D eigenvalue weighted by atomic mass is 79.9. The molecule has 5 nitrogen and oxygen atoms in total. The standard InChI is InChI=1S/C8H12BrN3O2/c1-8(2,10)4-12-5(6(13)14)3-11-7(12)9/h3H,4,10H2,1-2H3,(H,13,14). The molecule has 0 aliphatic carbocycles. The minimum absolute atomic E-state index is 0.135. The predicted octanol–water partition coefficient (Wildman–Crippen LogP) is 1.08. The monoisotopic (exact) mass is 261 g/mol. The number of hydrogen-bond acceptors (Lipinski definition) is 3. The Morgan fingerprint density at radius 3 is 2.79 bits per heavy atom. The van der Waals surface area contributed by atoms with Crippen molar-refractivity contribution in [2.45, 2.75) is 25.9 Å². The van der Waals surface area contributed by atoms with Crippen LogP contribution in [0.4, 0.5) is 0 Å². The van der Waals surface area contributed by atoms with Crippen molar-refractivity contribution in [3.05, 3.63) is 16.6 Å². The second kappa shape index (κ2) is 3.70. The van der Waals surface area contributed by atoms with Crippen LogP contribution in [0.2, 0.25) is 0 Å². The molecule has 0 amide bonds. The van der Waals surface area contributed by atoms with Gasteiger partial charge in [0.2, 0.25) is 0 Å². The Bertz CT molecular complexity index is 354. The van der Waals surface area contributed by atoms with Gasteiger partial charge in [-0.15, -0.1) is 0 Å². The van der Waals surface area contributed by atoms with Crippen LogP contribution in [-0.4, -0.2) is 26.2 Å². The average molecular weight is 262 g/mol. The molecule has 0 saturated heterocycles. The molecule has 0 aliphatic heterocycles. The van der Waals surface area contributed by atoms with Crippen LogP contribution < -0.4 is 5.73 Å². The maximum absolute atomic E-state index is 10.8. The van der Waals surface area contributed by atoms with E-state index in [1.165, 1.54) is 10.8 Å². The first-order valence-corrected chi connectivity index (χ1v) is 4.84. The number of nitrogens with two attached hydrogens (primary N) is 1. The summed E-state index contributed by atoms with van der Waals surface area (Å²) in [4.78, 5) is 14.7. The van der Waals surface area contributed by atoms with Gasteiger partial charge < -0.3 is 15.4 Å². The van der Waals surface area contributed by atoms with E-state index in [2.05, 4.69) is 20.9 Å². The minimum atomic E-state index is -1.01. The average Bonchev–Trinajstić information content (AvgIpc) is 2.29. The van der Waals surface area contributed by atoms with Gasteiger partial charge in [-0.2, -0.15) is 0 Å². The lowest BCUT2D eigenvalue weighted by Gasteiger charge is -2.20. The first-order valence-electron chi connectivity index (χ1n) is 4.04. The molecular formula is C8H12BrN3O2. The van der Waals surface area contributed by atoms with Crippen molar-refractivity contribution in [1.82, 2.24) is 9.55 Å². The number of halogens is 1. The van der Waals surface area contributed by atoms with Crippen molar-refractivity contribution in [3.63, 3.8) is 0 Å². The molecule has 0 bridgehead atoms. The molecule has 0 fully saturated rings. The number of aromatic nitrogens is 2. The zero-order valence-electron chi connectivity index (χ0n) is 7.99. The van der Waals surface area contributed by atoms with E-state index >= 15 is 0 Å². The van der Waals surface area contributed by atoms with Gasteiger partial charge in [-0.3, -0.25) is 0 Å². The quantitative estimate of drug-likeness (QED) is 0.854. The summed E-state index contributed by atoms with van der Waals surface area (Å²) in [5.74, 6) is -1.01. The molecule has 0 saturated carbocycles. The summed E-state index contributed by atoms with van der Waals surface area (Å²) >= 11 is 3.17. The van der Waals surface area contributed by atoms with E-state index in [-0.39, 0.29) is 5.69 Å². The molecule has 1 aromatic rings.